The second-order valence-electron chi connectivity index (χ2n) is 5.25. The molecular formula is C17H19Cl2NO4S. The highest BCUT2D eigenvalue weighted by Gasteiger charge is 2.13. The fourth-order valence-electron chi connectivity index (χ4n) is 2.19. The highest BCUT2D eigenvalue weighted by Crippen LogP contribution is 2.28. The Bertz CT molecular complexity index is 841. The highest BCUT2D eigenvalue weighted by molar-refractivity contribution is 7.88. The Morgan fingerprint density at radius 2 is 1.72 bits per heavy atom. The summed E-state index contributed by atoms with van der Waals surface area (Å²) in [5, 5.41) is 0.711. The number of methoxy groups -OCH3 is 1. The molecule has 0 spiro atoms. The van der Waals surface area contributed by atoms with Gasteiger partial charge in [-0.2, -0.15) is 0 Å². The summed E-state index contributed by atoms with van der Waals surface area (Å²) in [4.78, 5) is 0. The Balaban J connectivity index is 2.05. The molecule has 25 heavy (non-hydrogen) atoms. The molecule has 0 bridgehead atoms. The summed E-state index contributed by atoms with van der Waals surface area (Å²) in [5.74, 6) is 0.994. The number of sulfonamides is 1. The lowest BCUT2D eigenvalue weighted by atomic mass is 10.2. The monoisotopic (exact) mass is 403 g/mol. The van der Waals surface area contributed by atoms with Crippen molar-refractivity contribution in [1.29, 1.82) is 0 Å². The van der Waals surface area contributed by atoms with Crippen LogP contribution in [0.25, 0.3) is 0 Å². The van der Waals surface area contributed by atoms with Crippen LogP contribution < -0.4 is 14.2 Å². The molecule has 0 saturated carbocycles. The maximum Gasteiger partial charge on any atom is 0.216 e. The summed E-state index contributed by atoms with van der Waals surface area (Å²) >= 11 is 11.8. The molecule has 2 aromatic rings. The predicted octanol–water partition coefficient (Wildman–Crippen LogP) is 4.02. The van der Waals surface area contributed by atoms with Crippen molar-refractivity contribution < 1.29 is 17.9 Å². The quantitative estimate of drug-likeness (QED) is 0.722. The minimum atomic E-state index is -3.53. The molecule has 0 radical (unpaired) electrons. The van der Waals surface area contributed by atoms with Gasteiger partial charge in [-0.15, -0.1) is 0 Å². The first kappa shape index (κ1) is 19.8. The van der Waals surface area contributed by atoms with Crippen molar-refractivity contribution in [2.24, 2.45) is 0 Å². The predicted molar refractivity (Wildman–Crippen MR) is 100 cm³/mol. The number of hydrogen-bond acceptors (Lipinski definition) is 4. The largest absolute Gasteiger partial charge is 0.493 e. The molecule has 2 aromatic carbocycles. The molecule has 0 unspecified atom stereocenters. The van der Waals surface area contributed by atoms with Gasteiger partial charge in [-0.05, 0) is 42.3 Å². The first-order valence-corrected chi connectivity index (χ1v) is 9.96. The van der Waals surface area contributed by atoms with Crippen molar-refractivity contribution in [1.82, 2.24) is 4.72 Å². The van der Waals surface area contributed by atoms with Gasteiger partial charge >= 0.3 is 0 Å². The van der Waals surface area contributed by atoms with E-state index < -0.39 is 10.0 Å². The van der Waals surface area contributed by atoms with Crippen LogP contribution in [0.5, 0.6) is 11.5 Å². The average molecular weight is 404 g/mol. The molecule has 0 aromatic heterocycles. The van der Waals surface area contributed by atoms with Crippen LogP contribution in [0.15, 0.2) is 36.4 Å². The minimum absolute atomic E-state index is 0.145. The van der Waals surface area contributed by atoms with Crippen molar-refractivity contribution in [3.05, 3.63) is 57.6 Å². The van der Waals surface area contributed by atoms with Crippen LogP contribution in [0.1, 0.15) is 18.1 Å². The molecule has 0 aliphatic carbocycles. The standard InChI is InChI=1S/C17H19Cl2NO4S/c1-3-24-16-7-5-12(9-17(16)23-2)10-20-25(21,22)11-13-4-6-14(18)15(19)8-13/h4-9,20H,3,10-11H2,1-2H3. The molecule has 5 nitrogen and oxygen atoms in total. The van der Waals surface area contributed by atoms with Gasteiger partial charge in [0.25, 0.3) is 0 Å². The minimum Gasteiger partial charge on any atom is -0.493 e. The van der Waals surface area contributed by atoms with Crippen molar-refractivity contribution in [2.45, 2.75) is 19.2 Å². The Morgan fingerprint density at radius 3 is 2.36 bits per heavy atom. The van der Waals surface area contributed by atoms with Crippen LogP contribution in [0.2, 0.25) is 10.0 Å². The molecule has 8 heteroatoms. The lowest BCUT2D eigenvalue weighted by molar-refractivity contribution is 0.310. The van der Waals surface area contributed by atoms with Crippen LogP contribution in [0, 0.1) is 0 Å². The molecule has 0 atom stereocenters. The SMILES string of the molecule is CCOc1ccc(CNS(=O)(=O)Cc2ccc(Cl)c(Cl)c2)cc1OC. The molecule has 0 aliphatic heterocycles. The van der Waals surface area contributed by atoms with Crippen LogP contribution in [0.3, 0.4) is 0 Å². The fraction of sp³-hybridized carbons (Fsp3) is 0.294. The summed E-state index contributed by atoms with van der Waals surface area (Å²) < 4.78 is 37.8. The molecule has 0 saturated heterocycles. The molecule has 2 rings (SSSR count). The number of nitrogens with one attached hydrogen (secondary N) is 1. The Kier molecular flexibility index (Phi) is 6.95. The molecule has 136 valence electrons. The van der Waals surface area contributed by atoms with E-state index in [9.17, 15) is 8.42 Å². The maximum absolute atomic E-state index is 12.3. The number of rotatable bonds is 8. The zero-order chi connectivity index (χ0) is 18.4. The number of halogens is 2. The van der Waals surface area contributed by atoms with Gasteiger partial charge in [0.05, 0.1) is 29.5 Å². The number of hydrogen-bond donors (Lipinski definition) is 1. The lowest BCUT2D eigenvalue weighted by Crippen LogP contribution is -2.24. The molecule has 0 amide bonds. The van der Waals surface area contributed by atoms with Crippen LogP contribution in [-0.4, -0.2) is 22.1 Å². The van der Waals surface area contributed by atoms with Crippen LogP contribution in [-0.2, 0) is 22.3 Å². The number of ether oxygens (including phenoxy) is 2. The Hall–Kier alpha value is -1.47. The van der Waals surface area contributed by atoms with Crippen molar-refractivity contribution >= 4 is 33.2 Å². The Labute approximate surface area is 157 Å². The van der Waals surface area contributed by atoms with Gasteiger partial charge in [0, 0.05) is 6.54 Å². The fourth-order valence-corrected chi connectivity index (χ4v) is 3.62. The van der Waals surface area contributed by atoms with E-state index in [0.717, 1.165) is 5.56 Å². The van der Waals surface area contributed by atoms with Gasteiger partial charge in [-0.25, -0.2) is 13.1 Å². The molecule has 0 heterocycles. The van der Waals surface area contributed by atoms with Gasteiger partial charge < -0.3 is 9.47 Å². The van der Waals surface area contributed by atoms with Gasteiger partial charge in [0.15, 0.2) is 11.5 Å². The summed E-state index contributed by atoms with van der Waals surface area (Å²) in [5.41, 5.74) is 1.32. The van der Waals surface area contributed by atoms with Crippen LogP contribution in [0.4, 0.5) is 0 Å². The third-order valence-corrected chi connectivity index (χ3v) is 5.40. The van der Waals surface area contributed by atoms with E-state index in [2.05, 4.69) is 4.72 Å². The number of benzene rings is 2. The zero-order valence-electron chi connectivity index (χ0n) is 13.9. The van der Waals surface area contributed by atoms with Crippen molar-refractivity contribution in [2.75, 3.05) is 13.7 Å². The zero-order valence-corrected chi connectivity index (χ0v) is 16.2. The van der Waals surface area contributed by atoms with E-state index in [1.165, 1.54) is 7.11 Å². The summed E-state index contributed by atoms with van der Waals surface area (Å²) in [6.45, 7) is 2.54. The third kappa shape index (κ3) is 5.78. The van der Waals surface area contributed by atoms with Crippen molar-refractivity contribution in [3.8, 4) is 11.5 Å². The van der Waals surface area contributed by atoms with Gasteiger partial charge in [0.2, 0.25) is 10.0 Å². The Morgan fingerprint density at radius 1 is 1.00 bits per heavy atom. The van der Waals surface area contributed by atoms with Crippen LogP contribution >= 0.6 is 23.2 Å². The van der Waals surface area contributed by atoms with E-state index in [4.69, 9.17) is 32.7 Å². The first-order valence-electron chi connectivity index (χ1n) is 7.55. The normalized spacial score (nSPS) is 11.4. The smallest absolute Gasteiger partial charge is 0.216 e. The second-order valence-corrected chi connectivity index (χ2v) is 7.87. The summed E-state index contributed by atoms with van der Waals surface area (Å²) in [6.07, 6.45) is 0. The van der Waals surface area contributed by atoms with E-state index in [1.807, 2.05) is 6.92 Å². The molecule has 0 fully saturated rings. The van der Waals surface area contributed by atoms with Crippen molar-refractivity contribution in [3.63, 3.8) is 0 Å². The molecular weight excluding hydrogens is 385 g/mol. The molecule has 1 N–H and O–H groups in total. The van der Waals surface area contributed by atoms with E-state index >= 15 is 0 Å². The van der Waals surface area contributed by atoms with E-state index in [-0.39, 0.29) is 12.3 Å². The van der Waals surface area contributed by atoms with Gasteiger partial charge in [-0.1, -0.05) is 35.3 Å². The first-order chi connectivity index (χ1) is 11.8. The summed E-state index contributed by atoms with van der Waals surface area (Å²) in [6, 6.07) is 10.0. The maximum atomic E-state index is 12.3. The topological polar surface area (TPSA) is 64.6 Å². The average Bonchev–Trinajstić information content (AvgIpc) is 2.57. The lowest BCUT2D eigenvalue weighted by Gasteiger charge is -2.12. The van der Waals surface area contributed by atoms with Gasteiger partial charge in [-0.3, -0.25) is 0 Å². The second kappa shape index (κ2) is 8.76. The van der Waals surface area contributed by atoms with E-state index in [1.54, 1.807) is 36.4 Å². The molecule has 0 aliphatic rings. The summed E-state index contributed by atoms with van der Waals surface area (Å²) in [7, 11) is -1.99. The highest BCUT2D eigenvalue weighted by atomic mass is 35.5. The van der Waals surface area contributed by atoms with Gasteiger partial charge in [0.1, 0.15) is 0 Å². The van der Waals surface area contributed by atoms with E-state index in [0.29, 0.717) is 33.7 Å². The third-order valence-electron chi connectivity index (χ3n) is 3.36.